The molecule has 0 amide bonds. The predicted octanol–water partition coefficient (Wildman–Crippen LogP) is 3.61. The van der Waals surface area contributed by atoms with E-state index in [1.54, 1.807) is 0 Å². The van der Waals surface area contributed by atoms with Gasteiger partial charge in [0.1, 0.15) is 11.1 Å². The maximum atomic E-state index is 14.0. The van der Waals surface area contributed by atoms with Gasteiger partial charge in [0.2, 0.25) is 0 Å². The molecule has 0 saturated carbocycles. The Morgan fingerprint density at radius 2 is 1.71 bits per heavy atom. The third-order valence-electron chi connectivity index (χ3n) is 3.05. The highest BCUT2D eigenvalue weighted by Crippen LogP contribution is 2.34. The van der Waals surface area contributed by atoms with Crippen LogP contribution < -0.4 is 5.73 Å². The lowest BCUT2D eigenvalue weighted by Crippen LogP contribution is -2.23. The number of halogens is 3. The van der Waals surface area contributed by atoms with Gasteiger partial charge in [-0.25, -0.2) is 12.8 Å². The first-order chi connectivity index (χ1) is 9.87. The van der Waals surface area contributed by atoms with Gasteiger partial charge in [0.05, 0.1) is 4.90 Å². The van der Waals surface area contributed by atoms with Crippen molar-refractivity contribution in [1.82, 2.24) is 0 Å². The monoisotopic (exact) mass is 347 g/mol. The summed E-state index contributed by atoms with van der Waals surface area (Å²) in [5, 5.41) is -0.822. The smallest absolute Gasteiger partial charge is 0.186 e. The fourth-order valence-corrected chi connectivity index (χ4v) is 4.14. The number of nitrogens with two attached hydrogens (primary N) is 1. The van der Waals surface area contributed by atoms with Crippen LogP contribution in [-0.2, 0) is 9.84 Å². The minimum Gasteiger partial charge on any atom is -0.329 e. The summed E-state index contributed by atoms with van der Waals surface area (Å²) in [6.07, 6.45) is 0. The largest absolute Gasteiger partial charge is 0.329 e. The molecule has 112 valence electrons. The summed E-state index contributed by atoms with van der Waals surface area (Å²) >= 11 is 11.7. The maximum absolute atomic E-state index is 14.0. The van der Waals surface area contributed by atoms with Gasteiger partial charge in [-0.1, -0.05) is 29.3 Å². The third-order valence-corrected chi connectivity index (χ3v) is 5.74. The van der Waals surface area contributed by atoms with E-state index in [0.29, 0.717) is 5.02 Å². The molecule has 0 fully saturated rings. The lowest BCUT2D eigenvalue weighted by atomic mass is 10.1. The lowest BCUT2D eigenvalue weighted by Gasteiger charge is -2.18. The van der Waals surface area contributed by atoms with E-state index < -0.39 is 20.9 Å². The van der Waals surface area contributed by atoms with Crippen LogP contribution in [0.25, 0.3) is 0 Å². The van der Waals surface area contributed by atoms with E-state index in [4.69, 9.17) is 28.9 Å². The van der Waals surface area contributed by atoms with Crippen molar-refractivity contribution in [3.63, 3.8) is 0 Å². The molecule has 0 aliphatic carbocycles. The minimum absolute atomic E-state index is 0.0154. The van der Waals surface area contributed by atoms with Crippen LogP contribution >= 0.6 is 23.2 Å². The zero-order valence-corrected chi connectivity index (χ0v) is 13.1. The van der Waals surface area contributed by atoms with E-state index in [-0.39, 0.29) is 22.0 Å². The van der Waals surface area contributed by atoms with E-state index in [1.165, 1.54) is 36.4 Å². The molecule has 2 aromatic rings. The fourth-order valence-electron chi connectivity index (χ4n) is 2.01. The van der Waals surface area contributed by atoms with Crippen LogP contribution in [0.4, 0.5) is 4.39 Å². The normalized spacial score (nSPS) is 13.1. The molecular weight excluding hydrogens is 336 g/mol. The van der Waals surface area contributed by atoms with Gasteiger partial charge in [-0.2, -0.15) is 0 Å². The van der Waals surface area contributed by atoms with Gasteiger partial charge in [0.25, 0.3) is 0 Å². The van der Waals surface area contributed by atoms with Gasteiger partial charge in [-0.3, -0.25) is 0 Å². The van der Waals surface area contributed by atoms with E-state index in [1.807, 2.05) is 0 Å². The molecule has 21 heavy (non-hydrogen) atoms. The summed E-state index contributed by atoms with van der Waals surface area (Å²) in [6, 6.07) is 9.60. The molecule has 2 N–H and O–H groups in total. The van der Waals surface area contributed by atoms with E-state index >= 15 is 0 Å². The van der Waals surface area contributed by atoms with E-state index in [9.17, 15) is 12.8 Å². The summed E-state index contributed by atoms with van der Waals surface area (Å²) in [5.41, 5.74) is 5.45. The lowest BCUT2D eigenvalue weighted by molar-refractivity contribution is 0.568. The SMILES string of the molecule is NCC(c1c(F)cccc1Cl)S(=O)(=O)c1ccc(Cl)cc1. The van der Waals surface area contributed by atoms with Gasteiger partial charge >= 0.3 is 0 Å². The Morgan fingerprint density at radius 3 is 2.24 bits per heavy atom. The number of hydrogen-bond acceptors (Lipinski definition) is 3. The first-order valence-corrected chi connectivity index (χ1v) is 8.31. The van der Waals surface area contributed by atoms with Gasteiger partial charge in [0.15, 0.2) is 9.84 Å². The molecular formula is C14H12Cl2FNO2S. The van der Waals surface area contributed by atoms with Crippen molar-refractivity contribution in [2.75, 3.05) is 6.54 Å². The summed E-state index contributed by atoms with van der Waals surface area (Å²) < 4.78 is 39.2. The number of hydrogen-bond donors (Lipinski definition) is 1. The Bertz CT molecular complexity index is 728. The molecule has 0 radical (unpaired) electrons. The topological polar surface area (TPSA) is 60.2 Å². The Hall–Kier alpha value is -1.14. The highest BCUT2D eigenvalue weighted by Gasteiger charge is 2.31. The van der Waals surface area contributed by atoms with Crippen LogP contribution in [0.15, 0.2) is 47.4 Å². The Morgan fingerprint density at radius 1 is 1.10 bits per heavy atom. The molecule has 0 bridgehead atoms. The molecule has 0 heterocycles. The van der Waals surface area contributed by atoms with Gasteiger partial charge in [-0.05, 0) is 36.4 Å². The van der Waals surface area contributed by atoms with Crippen LogP contribution in [0.5, 0.6) is 0 Å². The molecule has 0 aliphatic rings. The van der Waals surface area contributed by atoms with Crippen LogP contribution in [0, 0.1) is 5.82 Å². The zero-order chi connectivity index (χ0) is 15.6. The second-order valence-electron chi connectivity index (χ2n) is 4.36. The van der Waals surface area contributed by atoms with Crippen molar-refractivity contribution < 1.29 is 12.8 Å². The molecule has 2 aromatic carbocycles. The van der Waals surface area contributed by atoms with Crippen molar-refractivity contribution in [1.29, 1.82) is 0 Å². The highest BCUT2D eigenvalue weighted by atomic mass is 35.5. The molecule has 0 aromatic heterocycles. The molecule has 0 aliphatic heterocycles. The fraction of sp³-hybridized carbons (Fsp3) is 0.143. The standard InChI is InChI=1S/C14H12Cl2FNO2S/c15-9-4-6-10(7-5-9)21(19,20)13(8-18)14-11(16)2-1-3-12(14)17/h1-7,13H,8,18H2. The Balaban J connectivity index is 2.57. The van der Waals surface area contributed by atoms with Gasteiger partial charge in [0, 0.05) is 22.2 Å². The molecule has 3 nitrogen and oxygen atoms in total. The van der Waals surface area contributed by atoms with Crippen molar-refractivity contribution >= 4 is 33.0 Å². The predicted molar refractivity (Wildman–Crippen MR) is 81.8 cm³/mol. The van der Waals surface area contributed by atoms with Crippen LogP contribution in [0.2, 0.25) is 10.0 Å². The summed E-state index contributed by atoms with van der Waals surface area (Å²) in [4.78, 5) is 0.0154. The van der Waals surface area contributed by atoms with E-state index in [2.05, 4.69) is 0 Å². The second kappa shape index (κ2) is 6.32. The van der Waals surface area contributed by atoms with Crippen molar-refractivity contribution in [3.05, 3.63) is 63.9 Å². The maximum Gasteiger partial charge on any atom is 0.186 e. The number of benzene rings is 2. The quantitative estimate of drug-likeness (QED) is 0.918. The first-order valence-electron chi connectivity index (χ1n) is 6.01. The molecule has 0 spiro atoms. The molecule has 1 atom stereocenters. The van der Waals surface area contributed by atoms with E-state index in [0.717, 1.165) is 6.07 Å². The van der Waals surface area contributed by atoms with Crippen LogP contribution in [-0.4, -0.2) is 15.0 Å². The second-order valence-corrected chi connectivity index (χ2v) is 7.33. The summed E-state index contributed by atoms with van der Waals surface area (Å²) in [6.45, 7) is -0.286. The molecule has 2 rings (SSSR count). The average molecular weight is 348 g/mol. The number of rotatable bonds is 4. The Kier molecular flexibility index (Phi) is 4.88. The molecule has 7 heteroatoms. The minimum atomic E-state index is -3.87. The first kappa shape index (κ1) is 16.2. The van der Waals surface area contributed by atoms with Crippen molar-refractivity contribution in [2.45, 2.75) is 10.1 Å². The number of sulfone groups is 1. The van der Waals surface area contributed by atoms with Crippen molar-refractivity contribution in [2.24, 2.45) is 5.73 Å². The zero-order valence-electron chi connectivity index (χ0n) is 10.8. The van der Waals surface area contributed by atoms with Gasteiger partial charge < -0.3 is 5.73 Å². The summed E-state index contributed by atoms with van der Waals surface area (Å²) in [5.74, 6) is -0.699. The van der Waals surface area contributed by atoms with Crippen LogP contribution in [0.1, 0.15) is 10.8 Å². The summed E-state index contributed by atoms with van der Waals surface area (Å²) in [7, 11) is -3.87. The van der Waals surface area contributed by atoms with Crippen molar-refractivity contribution in [3.8, 4) is 0 Å². The average Bonchev–Trinajstić information content (AvgIpc) is 2.43. The van der Waals surface area contributed by atoms with Gasteiger partial charge in [-0.15, -0.1) is 0 Å². The highest BCUT2D eigenvalue weighted by molar-refractivity contribution is 7.91. The Labute approximate surface area is 132 Å². The molecule has 0 saturated heterocycles. The third kappa shape index (κ3) is 3.21. The van der Waals surface area contributed by atoms with Crippen LogP contribution in [0.3, 0.4) is 0 Å². The molecule has 1 unspecified atom stereocenters.